The number of amides is 1. The molecule has 0 aromatic heterocycles. The number of benzene rings is 2. The Kier molecular flexibility index (Phi) is 9.69. The van der Waals surface area contributed by atoms with Crippen LogP contribution in [0, 0.1) is 0 Å². The van der Waals surface area contributed by atoms with Crippen molar-refractivity contribution in [3.05, 3.63) is 54.1 Å². The van der Waals surface area contributed by atoms with Crippen LogP contribution in [-0.2, 0) is 11.0 Å². The highest BCUT2D eigenvalue weighted by molar-refractivity contribution is 7.99. The van der Waals surface area contributed by atoms with Gasteiger partial charge in [0.25, 0.3) is 0 Å². The Balaban J connectivity index is 0.00000364. The van der Waals surface area contributed by atoms with Gasteiger partial charge in [0.2, 0.25) is 5.91 Å². The van der Waals surface area contributed by atoms with Gasteiger partial charge in [-0.05, 0) is 61.5 Å². The van der Waals surface area contributed by atoms with Gasteiger partial charge in [0, 0.05) is 15.5 Å². The number of hydrogen-bond donors (Lipinski definition) is 2. The molecule has 0 bridgehead atoms. The number of rotatable bonds is 8. The second kappa shape index (κ2) is 11.2. The van der Waals surface area contributed by atoms with Gasteiger partial charge in [0.05, 0.1) is 12.1 Å². The lowest BCUT2D eigenvalue weighted by molar-refractivity contribution is -0.137. The van der Waals surface area contributed by atoms with Gasteiger partial charge in [0.15, 0.2) is 0 Å². The molecule has 0 atom stereocenters. The number of hydrogen-bond acceptors (Lipinski definition) is 3. The van der Waals surface area contributed by atoms with Crippen molar-refractivity contribution in [3.63, 3.8) is 0 Å². The average Bonchev–Trinajstić information content (AvgIpc) is 2.60. The molecule has 3 nitrogen and oxygen atoms in total. The van der Waals surface area contributed by atoms with Crippen molar-refractivity contribution in [2.45, 2.75) is 35.7 Å². The molecule has 0 aliphatic rings. The number of alkyl halides is 3. The van der Waals surface area contributed by atoms with Crippen molar-refractivity contribution in [2.24, 2.45) is 0 Å². The molecule has 0 spiro atoms. The molecule has 8 heteroatoms. The second-order valence-corrected chi connectivity index (χ2v) is 6.87. The molecule has 0 aliphatic carbocycles. The Morgan fingerprint density at radius 1 is 1.00 bits per heavy atom. The van der Waals surface area contributed by atoms with Crippen molar-refractivity contribution in [2.75, 3.05) is 18.4 Å². The van der Waals surface area contributed by atoms with Gasteiger partial charge < -0.3 is 10.6 Å². The molecule has 0 heterocycles. The zero-order valence-corrected chi connectivity index (χ0v) is 16.4. The van der Waals surface area contributed by atoms with E-state index >= 15 is 0 Å². The standard InChI is InChI=1S/C19H21F3N2OS.ClH/c1-2-3-12-23-13-18(25)24-15-6-10-17(11-7-15)26-16-8-4-14(5-9-16)19(20,21)22;/h4-11,23H,2-3,12-13H2,1H3,(H,24,25);1H. The molecule has 2 aromatic rings. The molecule has 2 rings (SSSR count). The lowest BCUT2D eigenvalue weighted by Gasteiger charge is -2.09. The number of carbonyl (C=O) groups is 1. The van der Waals surface area contributed by atoms with Crippen LogP contribution in [0.25, 0.3) is 0 Å². The van der Waals surface area contributed by atoms with Crippen molar-refractivity contribution in [1.29, 1.82) is 0 Å². The number of unbranched alkanes of at least 4 members (excludes halogenated alkanes) is 1. The minimum Gasteiger partial charge on any atom is -0.325 e. The number of carbonyl (C=O) groups excluding carboxylic acids is 1. The van der Waals surface area contributed by atoms with E-state index < -0.39 is 11.7 Å². The first kappa shape index (κ1) is 23.3. The number of halogens is 4. The summed E-state index contributed by atoms with van der Waals surface area (Å²) in [6, 6.07) is 12.2. The monoisotopic (exact) mass is 418 g/mol. The first-order chi connectivity index (χ1) is 12.4. The van der Waals surface area contributed by atoms with Crippen LogP contribution in [0.15, 0.2) is 58.3 Å². The zero-order chi connectivity index (χ0) is 19.0. The molecule has 148 valence electrons. The van der Waals surface area contributed by atoms with Gasteiger partial charge in [-0.15, -0.1) is 12.4 Å². The van der Waals surface area contributed by atoms with E-state index in [-0.39, 0.29) is 24.9 Å². The van der Waals surface area contributed by atoms with E-state index in [1.54, 1.807) is 12.1 Å². The molecule has 0 saturated carbocycles. The van der Waals surface area contributed by atoms with Gasteiger partial charge in [-0.25, -0.2) is 0 Å². The van der Waals surface area contributed by atoms with Crippen molar-refractivity contribution in [1.82, 2.24) is 5.32 Å². The summed E-state index contributed by atoms with van der Waals surface area (Å²) in [6.07, 6.45) is -2.22. The quantitative estimate of drug-likeness (QED) is 0.548. The maximum atomic E-state index is 12.6. The first-order valence-electron chi connectivity index (χ1n) is 8.34. The van der Waals surface area contributed by atoms with E-state index in [9.17, 15) is 18.0 Å². The highest BCUT2D eigenvalue weighted by Gasteiger charge is 2.29. The Hall–Kier alpha value is -1.70. The Labute approximate surface area is 167 Å². The molecule has 0 unspecified atom stereocenters. The third kappa shape index (κ3) is 8.24. The molecule has 0 radical (unpaired) electrons. The van der Waals surface area contributed by atoms with Crippen LogP contribution in [0.1, 0.15) is 25.3 Å². The maximum absolute atomic E-state index is 12.6. The Morgan fingerprint density at radius 3 is 2.07 bits per heavy atom. The molecular formula is C19H22ClF3N2OS. The van der Waals surface area contributed by atoms with Crippen molar-refractivity contribution >= 4 is 35.8 Å². The van der Waals surface area contributed by atoms with E-state index in [1.165, 1.54) is 23.9 Å². The minimum atomic E-state index is -4.32. The Morgan fingerprint density at radius 2 is 1.56 bits per heavy atom. The minimum absolute atomic E-state index is 0. The lowest BCUT2D eigenvalue weighted by Crippen LogP contribution is -2.28. The molecule has 1 amide bonds. The fourth-order valence-corrected chi connectivity index (χ4v) is 2.98. The van der Waals surface area contributed by atoms with E-state index in [2.05, 4.69) is 17.6 Å². The summed E-state index contributed by atoms with van der Waals surface area (Å²) in [7, 11) is 0. The summed E-state index contributed by atoms with van der Waals surface area (Å²) >= 11 is 1.36. The van der Waals surface area contributed by atoms with E-state index in [4.69, 9.17) is 0 Å². The predicted molar refractivity (Wildman–Crippen MR) is 106 cm³/mol. The number of anilines is 1. The van der Waals surface area contributed by atoms with Crippen LogP contribution < -0.4 is 10.6 Å². The fraction of sp³-hybridized carbons (Fsp3) is 0.316. The summed E-state index contributed by atoms with van der Waals surface area (Å²) in [5, 5.41) is 5.87. The molecule has 0 aliphatic heterocycles. The second-order valence-electron chi connectivity index (χ2n) is 5.73. The normalized spacial score (nSPS) is 11.0. The van der Waals surface area contributed by atoms with Crippen LogP contribution >= 0.6 is 24.2 Å². The number of nitrogens with one attached hydrogen (secondary N) is 2. The van der Waals surface area contributed by atoms with Gasteiger partial charge >= 0.3 is 6.18 Å². The SMILES string of the molecule is CCCCNCC(=O)Nc1ccc(Sc2ccc(C(F)(F)F)cc2)cc1.Cl. The van der Waals surface area contributed by atoms with Crippen LogP contribution in [0.5, 0.6) is 0 Å². The highest BCUT2D eigenvalue weighted by atomic mass is 35.5. The summed E-state index contributed by atoms with van der Waals surface area (Å²) in [5.41, 5.74) is 0.0246. The molecule has 2 N–H and O–H groups in total. The summed E-state index contributed by atoms with van der Waals surface area (Å²) in [4.78, 5) is 13.4. The average molecular weight is 419 g/mol. The fourth-order valence-electron chi connectivity index (χ4n) is 2.16. The largest absolute Gasteiger partial charge is 0.416 e. The van der Waals surface area contributed by atoms with Crippen LogP contribution in [-0.4, -0.2) is 19.0 Å². The molecule has 27 heavy (non-hydrogen) atoms. The highest BCUT2D eigenvalue weighted by Crippen LogP contribution is 2.33. The maximum Gasteiger partial charge on any atom is 0.416 e. The van der Waals surface area contributed by atoms with E-state index in [1.807, 2.05) is 12.1 Å². The van der Waals surface area contributed by atoms with Gasteiger partial charge in [0.1, 0.15) is 0 Å². The van der Waals surface area contributed by atoms with Gasteiger partial charge in [-0.3, -0.25) is 4.79 Å². The smallest absolute Gasteiger partial charge is 0.325 e. The zero-order valence-electron chi connectivity index (χ0n) is 14.8. The molecule has 2 aromatic carbocycles. The Bertz CT molecular complexity index is 706. The molecule has 0 fully saturated rings. The first-order valence-corrected chi connectivity index (χ1v) is 9.16. The third-order valence-corrected chi connectivity index (χ3v) is 4.56. The summed E-state index contributed by atoms with van der Waals surface area (Å²) < 4.78 is 37.7. The predicted octanol–water partition coefficient (Wildman–Crippen LogP) is 5.61. The summed E-state index contributed by atoms with van der Waals surface area (Å²) in [5.74, 6) is -0.107. The van der Waals surface area contributed by atoms with Crippen molar-refractivity contribution in [3.8, 4) is 0 Å². The van der Waals surface area contributed by atoms with E-state index in [0.717, 1.165) is 41.3 Å². The van der Waals surface area contributed by atoms with Gasteiger partial charge in [-0.2, -0.15) is 13.2 Å². The van der Waals surface area contributed by atoms with Crippen molar-refractivity contribution < 1.29 is 18.0 Å². The van der Waals surface area contributed by atoms with Gasteiger partial charge in [-0.1, -0.05) is 25.1 Å². The van der Waals surface area contributed by atoms with E-state index in [0.29, 0.717) is 5.69 Å². The topological polar surface area (TPSA) is 41.1 Å². The molecular weight excluding hydrogens is 397 g/mol. The van der Waals surface area contributed by atoms with Crippen LogP contribution in [0.2, 0.25) is 0 Å². The molecule has 0 saturated heterocycles. The lowest BCUT2D eigenvalue weighted by atomic mass is 10.2. The van der Waals surface area contributed by atoms with Crippen LogP contribution in [0.3, 0.4) is 0 Å². The summed E-state index contributed by atoms with van der Waals surface area (Å²) in [6.45, 7) is 3.17. The third-order valence-electron chi connectivity index (χ3n) is 3.55. The van der Waals surface area contributed by atoms with Crippen LogP contribution in [0.4, 0.5) is 18.9 Å².